The van der Waals surface area contributed by atoms with Crippen LogP contribution in [-0.4, -0.2) is 5.78 Å². The van der Waals surface area contributed by atoms with Crippen molar-refractivity contribution in [3.05, 3.63) is 82.1 Å². The summed E-state index contributed by atoms with van der Waals surface area (Å²) in [5, 5.41) is 2.16. The molecule has 0 bridgehead atoms. The van der Waals surface area contributed by atoms with Gasteiger partial charge in [-0.2, -0.15) is 0 Å². The number of carbonyl (C=O) groups excluding carboxylic acids is 1. The van der Waals surface area contributed by atoms with Crippen LogP contribution in [0.1, 0.15) is 21.5 Å². The van der Waals surface area contributed by atoms with Crippen molar-refractivity contribution in [2.24, 2.45) is 0 Å². The largest absolute Gasteiger partial charge is 0.288 e. The molecule has 0 fully saturated rings. The second-order valence-electron chi connectivity index (χ2n) is 4.93. The van der Waals surface area contributed by atoms with Crippen molar-refractivity contribution < 1.29 is 9.18 Å². The van der Waals surface area contributed by atoms with E-state index in [4.69, 9.17) is 11.6 Å². The molecule has 0 aliphatic carbocycles. The molecule has 21 heavy (non-hydrogen) atoms. The van der Waals surface area contributed by atoms with Crippen LogP contribution < -0.4 is 0 Å². The van der Waals surface area contributed by atoms with Crippen LogP contribution in [0.4, 0.5) is 4.39 Å². The Morgan fingerprint density at radius 2 is 1.67 bits per heavy atom. The van der Waals surface area contributed by atoms with Crippen LogP contribution in [0, 0.1) is 12.7 Å². The molecule has 0 atom stereocenters. The number of fused-ring (bicyclic) bond motifs is 1. The highest BCUT2D eigenvalue weighted by molar-refractivity contribution is 6.31. The first-order valence-electron chi connectivity index (χ1n) is 6.56. The smallest absolute Gasteiger partial charge is 0.196 e. The number of halogens is 2. The zero-order chi connectivity index (χ0) is 15.0. The molecule has 0 unspecified atom stereocenters. The Hall–Kier alpha value is -2.19. The number of hydrogen-bond donors (Lipinski definition) is 0. The Kier molecular flexibility index (Phi) is 3.48. The van der Waals surface area contributed by atoms with E-state index in [1.807, 2.05) is 37.3 Å². The van der Waals surface area contributed by atoms with Gasteiger partial charge >= 0.3 is 0 Å². The summed E-state index contributed by atoms with van der Waals surface area (Å²) in [6.45, 7) is 1.98. The van der Waals surface area contributed by atoms with Crippen LogP contribution in [-0.2, 0) is 0 Å². The zero-order valence-electron chi connectivity index (χ0n) is 11.4. The lowest BCUT2D eigenvalue weighted by Gasteiger charge is -2.09. The van der Waals surface area contributed by atoms with E-state index in [-0.39, 0.29) is 11.3 Å². The molecule has 0 heterocycles. The molecule has 0 aliphatic heterocycles. The third-order valence-corrected chi connectivity index (χ3v) is 3.79. The fraction of sp³-hybridized carbons (Fsp3) is 0.0556. The first-order valence-corrected chi connectivity index (χ1v) is 6.94. The molecular formula is C18H12ClFO. The maximum Gasteiger partial charge on any atom is 0.196 e. The highest BCUT2D eigenvalue weighted by Gasteiger charge is 2.17. The van der Waals surface area contributed by atoms with Gasteiger partial charge in [-0.05, 0) is 41.5 Å². The molecule has 0 aromatic heterocycles. The minimum atomic E-state index is -0.561. The number of aryl methyl sites for hydroxylation is 1. The highest BCUT2D eigenvalue weighted by Crippen LogP contribution is 2.26. The lowest BCUT2D eigenvalue weighted by molar-refractivity contribution is 0.103. The second-order valence-corrected chi connectivity index (χ2v) is 5.37. The molecule has 0 spiro atoms. The monoisotopic (exact) mass is 298 g/mol. The van der Waals surface area contributed by atoms with E-state index in [1.54, 1.807) is 6.07 Å². The zero-order valence-corrected chi connectivity index (χ0v) is 12.1. The summed E-state index contributed by atoms with van der Waals surface area (Å²) in [7, 11) is 0. The molecule has 0 aliphatic rings. The predicted octanol–water partition coefficient (Wildman–Crippen LogP) is 5.17. The molecular weight excluding hydrogens is 287 g/mol. The summed E-state index contributed by atoms with van der Waals surface area (Å²) < 4.78 is 13.9. The van der Waals surface area contributed by atoms with Gasteiger partial charge in [0.25, 0.3) is 0 Å². The Bertz CT molecular complexity index is 855. The predicted molar refractivity (Wildman–Crippen MR) is 83.5 cm³/mol. The van der Waals surface area contributed by atoms with Gasteiger partial charge in [-0.3, -0.25) is 4.79 Å². The second kappa shape index (κ2) is 5.30. The molecule has 0 N–H and O–H groups in total. The van der Waals surface area contributed by atoms with Gasteiger partial charge in [-0.1, -0.05) is 48.0 Å². The standard InChI is InChI=1S/C18H12ClFO/c1-11-6-8-15(14-5-3-2-4-13(11)14)18(21)16-10-12(19)7-9-17(16)20/h2-10H,1H3. The van der Waals surface area contributed by atoms with E-state index in [2.05, 4.69) is 0 Å². The van der Waals surface area contributed by atoms with Crippen molar-refractivity contribution in [2.45, 2.75) is 6.92 Å². The fourth-order valence-electron chi connectivity index (χ4n) is 2.46. The van der Waals surface area contributed by atoms with Gasteiger partial charge in [-0.25, -0.2) is 4.39 Å². The first-order chi connectivity index (χ1) is 10.1. The van der Waals surface area contributed by atoms with Crippen molar-refractivity contribution in [2.75, 3.05) is 0 Å². The molecule has 3 aromatic carbocycles. The summed E-state index contributed by atoms with van der Waals surface area (Å²) in [6.07, 6.45) is 0. The SMILES string of the molecule is Cc1ccc(C(=O)c2cc(Cl)ccc2F)c2ccccc12. The number of hydrogen-bond acceptors (Lipinski definition) is 1. The molecule has 1 nitrogen and oxygen atoms in total. The van der Waals surface area contributed by atoms with Crippen LogP contribution >= 0.6 is 11.6 Å². The van der Waals surface area contributed by atoms with Gasteiger partial charge in [0, 0.05) is 10.6 Å². The normalized spacial score (nSPS) is 10.8. The maximum atomic E-state index is 13.9. The molecule has 3 heteroatoms. The van der Waals surface area contributed by atoms with E-state index in [0.29, 0.717) is 10.6 Å². The van der Waals surface area contributed by atoms with Crippen LogP contribution in [0.5, 0.6) is 0 Å². The summed E-state index contributed by atoms with van der Waals surface area (Å²) in [5.41, 5.74) is 1.56. The first kappa shape index (κ1) is 13.8. The Morgan fingerprint density at radius 3 is 2.43 bits per heavy atom. The van der Waals surface area contributed by atoms with Gasteiger partial charge in [-0.15, -0.1) is 0 Å². The van der Waals surface area contributed by atoms with E-state index < -0.39 is 5.82 Å². The number of ketones is 1. The number of rotatable bonds is 2. The van der Waals surface area contributed by atoms with Crippen LogP contribution in [0.3, 0.4) is 0 Å². The van der Waals surface area contributed by atoms with Crippen LogP contribution in [0.25, 0.3) is 10.8 Å². The summed E-state index contributed by atoms with van der Waals surface area (Å²) >= 11 is 5.87. The minimum absolute atomic E-state index is 0.00324. The van der Waals surface area contributed by atoms with Gasteiger partial charge in [0.05, 0.1) is 5.56 Å². The van der Waals surface area contributed by atoms with Gasteiger partial charge in [0.2, 0.25) is 0 Å². The summed E-state index contributed by atoms with van der Waals surface area (Å²) in [6, 6.07) is 15.2. The highest BCUT2D eigenvalue weighted by atomic mass is 35.5. The summed E-state index contributed by atoms with van der Waals surface area (Å²) in [4.78, 5) is 12.6. The van der Waals surface area contributed by atoms with Gasteiger partial charge < -0.3 is 0 Å². The molecule has 0 radical (unpaired) electrons. The van der Waals surface area contributed by atoms with Crippen LogP contribution in [0.2, 0.25) is 5.02 Å². The van der Waals surface area contributed by atoms with Crippen LogP contribution in [0.15, 0.2) is 54.6 Å². The lowest BCUT2D eigenvalue weighted by Crippen LogP contribution is -2.05. The Labute approximate surface area is 127 Å². The Balaban J connectivity index is 2.23. The average Bonchev–Trinajstić information content (AvgIpc) is 2.50. The molecule has 0 saturated heterocycles. The molecule has 0 amide bonds. The van der Waals surface area contributed by atoms with E-state index in [9.17, 15) is 9.18 Å². The maximum absolute atomic E-state index is 13.9. The third-order valence-electron chi connectivity index (χ3n) is 3.56. The fourth-order valence-corrected chi connectivity index (χ4v) is 2.64. The van der Waals surface area contributed by atoms with Gasteiger partial charge in [0.15, 0.2) is 5.78 Å². The number of benzene rings is 3. The summed E-state index contributed by atoms with van der Waals surface area (Å²) in [5.74, 6) is -0.916. The quantitative estimate of drug-likeness (QED) is 0.596. The topological polar surface area (TPSA) is 17.1 Å². The van der Waals surface area contributed by atoms with E-state index in [0.717, 1.165) is 16.3 Å². The molecule has 0 saturated carbocycles. The van der Waals surface area contributed by atoms with Crippen molar-refractivity contribution in [3.63, 3.8) is 0 Å². The minimum Gasteiger partial charge on any atom is -0.288 e. The van der Waals surface area contributed by atoms with Crippen molar-refractivity contribution in [1.82, 2.24) is 0 Å². The third kappa shape index (κ3) is 2.43. The molecule has 3 rings (SSSR count). The number of carbonyl (C=O) groups is 1. The van der Waals surface area contributed by atoms with Crippen molar-refractivity contribution in [3.8, 4) is 0 Å². The van der Waals surface area contributed by atoms with Crippen molar-refractivity contribution in [1.29, 1.82) is 0 Å². The lowest BCUT2D eigenvalue weighted by atomic mass is 9.95. The van der Waals surface area contributed by atoms with Gasteiger partial charge in [0.1, 0.15) is 5.82 Å². The molecule has 104 valence electrons. The van der Waals surface area contributed by atoms with E-state index in [1.165, 1.54) is 18.2 Å². The Morgan fingerprint density at radius 1 is 0.952 bits per heavy atom. The van der Waals surface area contributed by atoms with E-state index >= 15 is 0 Å². The molecule has 3 aromatic rings. The average molecular weight is 299 g/mol. The van der Waals surface area contributed by atoms with Crippen molar-refractivity contribution >= 4 is 28.2 Å².